The normalized spacial score (nSPS) is 13.3. The molecule has 1 N–H and O–H groups in total. The Labute approximate surface area is 119 Å². The largest absolute Gasteiger partial charge is 0.454 e. The predicted molar refractivity (Wildman–Crippen MR) is 76.6 cm³/mol. The molecule has 0 saturated heterocycles. The maximum Gasteiger partial charge on any atom is 0.281 e. The van der Waals surface area contributed by atoms with Gasteiger partial charge < -0.3 is 9.47 Å². The number of carbonyl (C=O) groups is 1. The van der Waals surface area contributed by atoms with Gasteiger partial charge in [0.2, 0.25) is 6.79 Å². The lowest BCUT2D eigenvalue weighted by atomic mass is 10.1. The molecule has 102 valence electrons. The first-order valence-corrected chi connectivity index (χ1v) is 6.90. The molecular weight excluding hydrogens is 276 g/mol. The smallest absolute Gasteiger partial charge is 0.281 e. The van der Waals surface area contributed by atoms with Crippen LogP contribution in [0.2, 0.25) is 0 Å². The van der Waals surface area contributed by atoms with Crippen LogP contribution in [0.4, 0.5) is 0 Å². The minimum atomic E-state index is -0.208. The maximum atomic E-state index is 11.8. The van der Waals surface area contributed by atoms with E-state index in [9.17, 15) is 4.79 Å². The fourth-order valence-electron chi connectivity index (χ4n) is 1.78. The molecule has 0 unspecified atom stereocenters. The van der Waals surface area contributed by atoms with Crippen LogP contribution in [0.5, 0.6) is 11.5 Å². The number of ether oxygens (including phenoxy) is 2. The first-order chi connectivity index (χ1) is 9.74. The monoisotopic (exact) mass is 288 g/mol. The van der Waals surface area contributed by atoms with Gasteiger partial charge in [0.05, 0.1) is 10.6 Å². The molecular formula is C14H12N2O3S. The van der Waals surface area contributed by atoms with Crippen LogP contribution < -0.4 is 14.9 Å². The fourth-order valence-corrected chi connectivity index (χ4v) is 2.40. The second-order valence-corrected chi connectivity index (χ2v) is 5.13. The number of nitrogens with zero attached hydrogens (tertiary/aromatic N) is 1. The SMILES string of the molecule is C/C(=N\NC(=O)c1cccs1)c1ccc2c(c1)OCO2. The molecule has 0 aliphatic carbocycles. The molecule has 2 aromatic rings. The zero-order valence-electron chi connectivity index (χ0n) is 10.8. The molecule has 1 aliphatic rings. The minimum absolute atomic E-state index is 0.208. The van der Waals surface area contributed by atoms with Gasteiger partial charge in [0.25, 0.3) is 5.91 Å². The van der Waals surface area contributed by atoms with Crippen LogP contribution in [-0.2, 0) is 0 Å². The van der Waals surface area contributed by atoms with E-state index in [1.54, 1.807) is 6.07 Å². The molecule has 1 amide bonds. The first kappa shape index (κ1) is 12.7. The lowest BCUT2D eigenvalue weighted by molar-refractivity contribution is 0.0959. The van der Waals surface area contributed by atoms with Gasteiger partial charge in [-0.3, -0.25) is 4.79 Å². The molecule has 2 heterocycles. The summed E-state index contributed by atoms with van der Waals surface area (Å²) in [6.07, 6.45) is 0. The van der Waals surface area contributed by atoms with E-state index in [4.69, 9.17) is 9.47 Å². The van der Waals surface area contributed by atoms with Crippen LogP contribution in [0.1, 0.15) is 22.2 Å². The third-order valence-corrected chi connectivity index (χ3v) is 3.73. The number of nitrogens with one attached hydrogen (secondary N) is 1. The summed E-state index contributed by atoms with van der Waals surface area (Å²) in [7, 11) is 0. The standard InChI is InChI=1S/C14H12N2O3S/c1-9(15-16-14(17)13-3-2-6-20-13)10-4-5-11-12(7-10)19-8-18-11/h2-7H,8H2,1H3,(H,16,17)/b15-9+. The van der Waals surface area contributed by atoms with Crippen molar-refractivity contribution in [1.82, 2.24) is 5.43 Å². The van der Waals surface area contributed by atoms with Gasteiger partial charge in [0.15, 0.2) is 11.5 Å². The topological polar surface area (TPSA) is 59.9 Å². The van der Waals surface area contributed by atoms with Gasteiger partial charge >= 0.3 is 0 Å². The van der Waals surface area contributed by atoms with Crippen molar-refractivity contribution in [3.8, 4) is 11.5 Å². The van der Waals surface area contributed by atoms with Crippen molar-refractivity contribution in [3.63, 3.8) is 0 Å². The second kappa shape index (κ2) is 5.34. The molecule has 6 heteroatoms. The van der Waals surface area contributed by atoms with Crippen LogP contribution in [0, 0.1) is 0 Å². The molecule has 0 fully saturated rings. The van der Waals surface area contributed by atoms with Gasteiger partial charge in [-0.15, -0.1) is 11.3 Å². The highest BCUT2D eigenvalue weighted by atomic mass is 32.1. The van der Waals surface area contributed by atoms with Crippen LogP contribution >= 0.6 is 11.3 Å². The van der Waals surface area contributed by atoms with Gasteiger partial charge in [0, 0.05) is 5.56 Å². The van der Waals surface area contributed by atoms with Crippen LogP contribution in [0.15, 0.2) is 40.8 Å². The highest BCUT2D eigenvalue weighted by Crippen LogP contribution is 2.32. The molecule has 3 rings (SSSR count). The third-order valence-electron chi connectivity index (χ3n) is 2.86. The summed E-state index contributed by atoms with van der Waals surface area (Å²) in [6, 6.07) is 9.14. The average molecular weight is 288 g/mol. The summed E-state index contributed by atoms with van der Waals surface area (Å²) in [6.45, 7) is 2.07. The highest BCUT2D eigenvalue weighted by molar-refractivity contribution is 7.12. The number of amides is 1. The Bertz CT molecular complexity index is 665. The Morgan fingerprint density at radius 1 is 1.30 bits per heavy atom. The minimum Gasteiger partial charge on any atom is -0.454 e. The molecule has 1 aromatic heterocycles. The predicted octanol–water partition coefficient (Wildman–Crippen LogP) is 2.63. The Morgan fingerprint density at radius 3 is 2.95 bits per heavy atom. The van der Waals surface area contributed by atoms with Crippen LogP contribution in [0.25, 0.3) is 0 Å². The number of hydrogen-bond donors (Lipinski definition) is 1. The summed E-state index contributed by atoms with van der Waals surface area (Å²) < 4.78 is 10.6. The number of carbonyl (C=O) groups excluding carboxylic acids is 1. The van der Waals surface area contributed by atoms with Crippen molar-refractivity contribution in [2.24, 2.45) is 5.10 Å². The molecule has 1 aliphatic heterocycles. The van der Waals surface area contributed by atoms with Gasteiger partial charge in [-0.2, -0.15) is 5.10 Å². The van der Waals surface area contributed by atoms with Crippen molar-refractivity contribution < 1.29 is 14.3 Å². The number of hydrazone groups is 1. The summed E-state index contributed by atoms with van der Waals surface area (Å²) in [5, 5.41) is 5.95. The van der Waals surface area contributed by atoms with Crippen molar-refractivity contribution in [2.75, 3.05) is 6.79 Å². The molecule has 0 spiro atoms. The highest BCUT2D eigenvalue weighted by Gasteiger charge is 2.14. The molecule has 0 bridgehead atoms. The first-order valence-electron chi connectivity index (χ1n) is 6.02. The number of thiophene rings is 1. The Kier molecular flexibility index (Phi) is 3.39. The van der Waals surface area contributed by atoms with E-state index in [2.05, 4.69) is 10.5 Å². The van der Waals surface area contributed by atoms with E-state index in [-0.39, 0.29) is 12.7 Å². The quantitative estimate of drug-likeness (QED) is 0.697. The van der Waals surface area contributed by atoms with E-state index in [0.717, 1.165) is 11.3 Å². The fraction of sp³-hybridized carbons (Fsp3) is 0.143. The molecule has 5 nitrogen and oxygen atoms in total. The van der Waals surface area contributed by atoms with Crippen molar-refractivity contribution >= 4 is 23.0 Å². The van der Waals surface area contributed by atoms with Gasteiger partial charge in [-0.05, 0) is 36.6 Å². The maximum absolute atomic E-state index is 11.8. The lowest BCUT2D eigenvalue weighted by Crippen LogP contribution is -2.18. The summed E-state index contributed by atoms with van der Waals surface area (Å²) >= 11 is 1.38. The van der Waals surface area contributed by atoms with Crippen molar-refractivity contribution in [1.29, 1.82) is 0 Å². The van der Waals surface area contributed by atoms with Crippen molar-refractivity contribution in [3.05, 3.63) is 46.2 Å². The van der Waals surface area contributed by atoms with E-state index >= 15 is 0 Å². The summed E-state index contributed by atoms with van der Waals surface area (Å²) in [4.78, 5) is 12.4. The summed E-state index contributed by atoms with van der Waals surface area (Å²) in [5.74, 6) is 1.21. The Hall–Kier alpha value is -2.34. The van der Waals surface area contributed by atoms with Gasteiger partial charge in [-0.25, -0.2) is 5.43 Å². The van der Waals surface area contributed by atoms with Crippen LogP contribution in [0.3, 0.4) is 0 Å². The van der Waals surface area contributed by atoms with Gasteiger partial charge in [-0.1, -0.05) is 6.07 Å². The molecule has 0 atom stereocenters. The number of benzene rings is 1. The zero-order valence-corrected chi connectivity index (χ0v) is 11.6. The zero-order chi connectivity index (χ0) is 13.9. The summed E-state index contributed by atoms with van der Waals surface area (Å²) in [5.41, 5.74) is 4.12. The van der Waals surface area contributed by atoms with Crippen molar-refractivity contribution in [2.45, 2.75) is 6.92 Å². The number of fused-ring (bicyclic) bond motifs is 1. The van der Waals surface area contributed by atoms with E-state index in [1.165, 1.54) is 11.3 Å². The van der Waals surface area contributed by atoms with E-state index in [0.29, 0.717) is 16.3 Å². The Morgan fingerprint density at radius 2 is 2.15 bits per heavy atom. The third kappa shape index (κ3) is 2.50. The molecule has 0 saturated carbocycles. The van der Waals surface area contributed by atoms with E-state index in [1.807, 2.05) is 36.6 Å². The Balaban J connectivity index is 1.73. The molecule has 20 heavy (non-hydrogen) atoms. The molecule has 0 radical (unpaired) electrons. The lowest BCUT2D eigenvalue weighted by Gasteiger charge is -2.03. The number of rotatable bonds is 3. The van der Waals surface area contributed by atoms with Crippen LogP contribution in [-0.4, -0.2) is 18.4 Å². The number of hydrogen-bond acceptors (Lipinski definition) is 5. The average Bonchev–Trinajstić information content (AvgIpc) is 3.13. The second-order valence-electron chi connectivity index (χ2n) is 4.18. The van der Waals surface area contributed by atoms with E-state index < -0.39 is 0 Å². The molecule has 1 aromatic carbocycles. The van der Waals surface area contributed by atoms with Gasteiger partial charge in [0.1, 0.15) is 0 Å².